The van der Waals surface area contributed by atoms with E-state index in [9.17, 15) is 9.32 Å². The molecule has 0 fully saturated rings. The third-order valence-electron chi connectivity index (χ3n) is 0.731. The number of aromatic amines is 1. The minimum Gasteiger partial charge on any atom is -0.275 e. The maximum Gasteiger partial charge on any atom is 0.347 e. The van der Waals surface area contributed by atoms with Crippen molar-refractivity contribution >= 4 is 0 Å². The fraction of sp³-hybridized carbons (Fsp3) is 0. The summed E-state index contributed by atoms with van der Waals surface area (Å²) in [4.78, 5) is 18.7. The highest BCUT2D eigenvalue weighted by Crippen LogP contribution is 1.97. The minimum absolute atomic E-state index is 0.241. The van der Waals surface area contributed by atoms with Crippen LogP contribution in [-0.4, -0.2) is 9.97 Å². The second-order valence-electron chi connectivity index (χ2n) is 1.32. The summed E-state index contributed by atoms with van der Waals surface area (Å²) in [6.07, 6.45) is 1.15. The highest BCUT2D eigenvalue weighted by atomic mass is 19.3. The van der Waals surface area contributed by atoms with Gasteiger partial charge in [-0.25, -0.2) is 9.78 Å². The molecule has 9 heavy (non-hydrogen) atoms. The monoisotopic (exact) mass is 130 g/mol. The number of aromatic nitrogens is 2. The van der Waals surface area contributed by atoms with Crippen molar-refractivity contribution in [3.63, 3.8) is 0 Å². The Morgan fingerprint density at radius 3 is 3.00 bits per heavy atom. The molecule has 0 amide bonds. The lowest BCUT2D eigenvalue weighted by Crippen LogP contribution is -2.08. The van der Waals surface area contributed by atoms with Gasteiger partial charge in [0.15, 0.2) is 0 Å². The topological polar surface area (TPSA) is 55.0 Å². The van der Waals surface area contributed by atoms with E-state index in [4.69, 9.17) is 0 Å². The number of nitrogens with zero attached hydrogens (tertiary/aromatic N) is 1. The van der Waals surface area contributed by atoms with Gasteiger partial charge in [-0.05, 0) is 0 Å². The van der Waals surface area contributed by atoms with Gasteiger partial charge in [-0.2, -0.15) is 0 Å². The Kier molecular flexibility index (Phi) is 1.44. The number of halogens is 1. The van der Waals surface area contributed by atoms with Crippen LogP contribution in [0.25, 0.3) is 0 Å². The Morgan fingerprint density at radius 2 is 2.56 bits per heavy atom. The predicted octanol–water partition coefficient (Wildman–Crippen LogP) is 0.0332. The van der Waals surface area contributed by atoms with Crippen LogP contribution in [0.1, 0.15) is 0 Å². The molecule has 0 spiro atoms. The zero-order valence-electron chi connectivity index (χ0n) is 4.30. The van der Waals surface area contributed by atoms with Crippen molar-refractivity contribution in [3.05, 3.63) is 22.7 Å². The van der Waals surface area contributed by atoms with Crippen LogP contribution in [0.15, 0.2) is 17.1 Å². The van der Waals surface area contributed by atoms with E-state index in [-0.39, 0.29) is 5.88 Å². The van der Waals surface area contributed by atoms with Crippen LogP contribution in [0.5, 0.6) is 5.88 Å². The molecule has 0 saturated heterocycles. The molecule has 0 aliphatic carbocycles. The van der Waals surface area contributed by atoms with E-state index in [2.05, 4.69) is 9.93 Å². The molecule has 48 valence electrons. The van der Waals surface area contributed by atoms with Gasteiger partial charge in [-0.15, -0.1) is 0 Å². The van der Waals surface area contributed by atoms with Crippen LogP contribution in [0.2, 0.25) is 0 Å². The number of hydrogen-bond acceptors (Lipinski definition) is 3. The van der Waals surface area contributed by atoms with E-state index in [1.807, 2.05) is 4.98 Å². The minimum atomic E-state index is -0.634. The number of H-pyrrole nitrogens is 1. The largest absolute Gasteiger partial charge is 0.347 e. The molecule has 0 saturated carbocycles. The lowest BCUT2D eigenvalue weighted by Gasteiger charge is -1.87. The quantitative estimate of drug-likeness (QED) is 0.583. The highest BCUT2D eigenvalue weighted by Gasteiger charge is 1.90. The van der Waals surface area contributed by atoms with Crippen molar-refractivity contribution in [3.8, 4) is 5.88 Å². The second kappa shape index (κ2) is 2.25. The van der Waals surface area contributed by atoms with Gasteiger partial charge >= 0.3 is 5.69 Å². The smallest absolute Gasteiger partial charge is 0.275 e. The van der Waals surface area contributed by atoms with Crippen molar-refractivity contribution in [2.75, 3.05) is 0 Å². The van der Waals surface area contributed by atoms with Crippen LogP contribution in [0, 0.1) is 0 Å². The molecule has 0 aliphatic heterocycles. The Labute approximate surface area is 49.2 Å². The first-order valence-electron chi connectivity index (χ1n) is 2.17. The molecule has 0 radical (unpaired) electrons. The molecule has 0 aliphatic rings. The third-order valence-corrected chi connectivity index (χ3v) is 0.731. The van der Waals surface area contributed by atoms with Crippen molar-refractivity contribution in [1.82, 2.24) is 9.97 Å². The maximum absolute atomic E-state index is 11.2. The molecule has 1 aromatic rings. The molecule has 0 atom stereocenters. The van der Waals surface area contributed by atoms with E-state index in [1.165, 1.54) is 6.07 Å². The average Bonchev–Trinajstić information content (AvgIpc) is 1.88. The van der Waals surface area contributed by atoms with Crippen molar-refractivity contribution in [1.29, 1.82) is 0 Å². The zero-order valence-corrected chi connectivity index (χ0v) is 4.30. The summed E-state index contributed by atoms with van der Waals surface area (Å²) < 4.78 is 11.2. The lowest BCUT2D eigenvalue weighted by atomic mass is 10.6. The molecular formula is C4H3FN2O2. The molecule has 4 nitrogen and oxygen atoms in total. The van der Waals surface area contributed by atoms with Gasteiger partial charge in [0.2, 0.25) is 5.88 Å². The van der Waals surface area contributed by atoms with Gasteiger partial charge in [-0.3, -0.25) is 9.93 Å². The van der Waals surface area contributed by atoms with E-state index in [0.29, 0.717) is 0 Å². The first kappa shape index (κ1) is 5.74. The predicted molar refractivity (Wildman–Crippen MR) is 26.6 cm³/mol. The standard InChI is InChI=1S/C4H3FN2O2/c5-9-3-1-2-6-4(8)7-3/h1-2H,(H,6,7,8). The number of hydrogen-bond donors (Lipinski definition) is 1. The van der Waals surface area contributed by atoms with Gasteiger partial charge in [0.05, 0.1) is 0 Å². The Morgan fingerprint density at radius 1 is 1.78 bits per heavy atom. The normalized spacial score (nSPS) is 9.00. The molecule has 1 N–H and O–H groups in total. The molecule has 1 rings (SSSR count). The molecule has 5 heteroatoms. The van der Waals surface area contributed by atoms with Crippen LogP contribution in [0.3, 0.4) is 0 Å². The summed E-state index contributed by atoms with van der Waals surface area (Å²) in [6, 6.07) is 1.20. The van der Waals surface area contributed by atoms with E-state index < -0.39 is 5.69 Å². The SMILES string of the molecule is O=c1nccc(OF)[nH]1. The first-order chi connectivity index (χ1) is 4.33. The summed E-state index contributed by atoms with van der Waals surface area (Å²) in [5, 5.41) is 0. The lowest BCUT2D eigenvalue weighted by molar-refractivity contribution is -0.0123. The van der Waals surface area contributed by atoms with E-state index in [1.54, 1.807) is 0 Å². The van der Waals surface area contributed by atoms with Gasteiger partial charge in [0.25, 0.3) is 0 Å². The Hall–Kier alpha value is -1.39. The van der Waals surface area contributed by atoms with Gasteiger partial charge < -0.3 is 0 Å². The van der Waals surface area contributed by atoms with Crippen molar-refractivity contribution in [2.24, 2.45) is 0 Å². The summed E-state index contributed by atoms with van der Waals surface area (Å²) in [5.41, 5.74) is -0.634. The van der Waals surface area contributed by atoms with Crippen molar-refractivity contribution in [2.45, 2.75) is 0 Å². The summed E-state index contributed by atoms with van der Waals surface area (Å²) in [6.45, 7) is 0. The second-order valence-corrected chi connectivity index (χ2v) is 1.32. The Balaban J connectivity index is 3.08. The van der Waals surface area contributed by atoms with E-state index >= 15 is 0 Å². The fourth-order valence-corrected chi connectivity index (χ4v) is 0.397. The highest BCUT2D eigenvalue weighted by molar-refractivity contribution is 5.02. The summed E-state index contributed by atoms with van der Waals surface area (Å²) in [5.74, 6) is -0.241. The van der Waals surface area contributed by atoms with Crippen LogP contribution >= 0.6 is 0 Å². The molecule has 0 aromatic carbocycles. The zero-order chi connectivity index (χ0) is 6.69. The summed E-state index contributed by atoms with van der Waals surface area (Å²) >= 11 is 0. The Bertz CT molecular complexity index is 246. The molecular weight excluding hydrogens is 127 g/mol. The first-order valence-corrected chi connectivity index (χ1v) is 2.17. The average molecular weight is 130 g/mol. The van der Waals surface area contributed by atoms with Gasteiger partial charge in [0, 0.05) is 16.8 Å². The maximum atomic E-state index is 11.2. The van der Waals surface area contributed by atoms with Crippen molar-refractivity contribution < 1.29 is 9.47 Å². The van der Waals surface area contributed by atoms with Gasteiger partial charge in [-0.1, -0.05) is 0 Å². The van der Waals surface area contributed by atoms with Crippen LogP contribution in [-0.2, 0) is 0 Å². The number of nitrogens with one attached hydrogen (secondary N) is 1. The molecule has 0 bridgehead atoms. The summed E-state index contributed by atoms with van der Waals surface area (Å²) in [7, 11) is 0. The van der Waals surface area contributed by atoms with E-state index in [0.717, 1.165) is 6.20 Å². The number of rotatable bonds is 1. The molecule has 1 heterocycles. The molecule has 1 aromatic heterocycles. The van der Waals surface area contributed by atoms with Crippen LogP contribution < -0.4 is 10.6 Å². The molecule has 0 unspecified atom stereocenters. The third kappa shape index (κ3) is 1.25. The van der Waals surface area contributed by atoms with Crippen LogP contribution in [0.4, 0.5) is 4.53 Å². The fourth-order valence-electron chi connectivity index (χ4n) is 0.397. The van der Waals surface area contributed by atoms with Gasteiger partial charge in [0.1, 0.15) is 0 Å².